The summed E-state index contributed by atoms with van der Waals surface area (Å²) in [7, 11) is 1.69. The third-order valence-corrected chi connectivity index (χ3v) is 4.01. The summed E-state index contributed by atoms with van der Waals surface area (Å²) < 4.78 is 5.74. The smallest absolute Gasteiger partial charge is 0.225 e. The molecule has 3 N–H and O–H groups in total. The van der Waals surface area contributed by atoms with E-state index >= 15 is 0 Å². The van der Waals surface area contributed by atoms with Crippen LogP contribution in [0.1, 0.15) is 5.56 Å². The van der Waals surface area contributed by atoms with Crippen molar-refractivity contribution in [1.29, 1.82) is 0 Å². The lowest BCUT2D eigenvalue weighted by Gasteiger charge is -2.38. The predicted octanol–water partition coefficient (Wildman–Crippen LogP) is 0.749. The maximum Gasteiger partial charge on any atom is 0.225 e. The Morgan fingerprint density at radius 2 is 2.13 bits per heavy atom. The quantitative estimate of drug-likeness (QED) is 0.723. The molecule has 1 amide bonds. The van der Waals surface area contributed by atoms with Crippen molar-refractivity contribution in [3.8, 4) is 5.75 Å². The summed E-state index contributed by atoms with van der Waals surface area (Å²) in [5, 5.41) is 2.70. The number of ether oxygens (including phenoxy) is 1. The Kier molecular flexibility index (Phi) is 4.83. The molecule has 0 unspecified atom stereocenters. The van der Waals surface area contributed by atoms with Gasteiger partial charge in [0.05, 0.1) is 11.6 Å². The fourth-order valence-corrected chi connectivity index (χ4v) is 2.65. The summed E-state index contributed by atoms with van der Waals surface area (Å²) in [5.74, 6) is 1.12. The third-order valence-electron chi connectivity index (χ3n) is 4.01. The van der Waals surface area contributed by atoms with Crippen LogP contribution in [-0.4, -0.2) is 37.6 Å². The molecule has 1 fully saturated rings. The van der Waals surface area contributed by atoms with Crippen molar-refractivity contribution in [3.05, 3.63) is 53.9 Å². The van der Waals surface area contributed by atoms with E-state index in [0.717, 1.165) is 31.1 Å². The Balaban J connectivity index is 1.43. The summed E-state index contributed by atoms with van der Waals surface area (Å²) >= 11 is 0. The molecular weight excluding hydrogens is 292 g/mol. The minimum atomic E-state index is 0.139. The van der Waals surface area contributed by atoms with E-state index in [1.165, 1.54) is 5.56 Å². The Morgan fingerprint density at radius 3 is 2.78 bits per heavy atom. The SMILES string of the molecule is CNC(=O)C1CN(Cc2ccc(OCC3=CC=CNN3)cc2)C1. The molecule has 3 rings (SSSR count). The van der Waals surface area contributed by atoms with Gasteiger partial charge in [0.1, 0.15) is 12.4 Å². The second-order valence-corrected chi connectivity index (χ2v) is 5.76. The van der Waals surface area contributed by atoms with Gasteiger partial charge in [-0.05, 0) is 29.8 Å². The van der Waals surface area contributed by atoms with Crippen molar-refractivity contribution in [2.75, 3.05) is 26.7 Å². The van der Waals surface area contributed by atoms with E-state index in [4.69, 9.17) is 4.74 Å². The highest BCUT2D eigenvalue weighted by Gasteiger charge is 2.31. The van der Waals surface area contributed by atoms with E-state index in [1.807, 2.05) is 30.5 Å². The second kappa shape index (κ2) is 7.19. The molecule has 6 heteroatoms. The van der Waals surface area contributed by atoms with Crippen molar-refractivity contribution >= 4 is 5.91 Å². The monoisotopic (exact) mass is 314 g/mol. The number of nitrogens with one attached hydrogen (secondary N) is 3. The molecule has 0 bridgehead atoms. The second-order valence-electron chi connectivity index (χ2n) is 5.76. The molecule has 0 radical (unpaired) electrons. The number of hydrogen-bond acceptors (Lipinski definition) is 5. The van der Waals surface area contributed by atoms with Crippen LogP contribution in [0, 0.1) is 5.92 Å². The van der Waals surface area contributed by atoms with Gasteiger partial charge in [-0.2, -0.15) is 0 Å². The molecule has 0 saturated carbocycles. The fraction of sp³-hybridized carbons (Fsp3) is 0.353. The molecular formula is C17H22N4O2. The maximum absolute atomic E-state index is 11.5. The zero-order valence-corrected chi connectivity index (χ0v) is 13.2. The number of benzene rings is 1. The van der Waals surface area contributed by atoms with Gasteiger partial charge in [0.15, 0.2) is 0 Å². The number of allylic oxidation sites excluding steroid dienone is 2. The van der Waals surface area contributed by atoms with Crippen LogP contribution in [0.2, 0.25) is 0 Å². The van der Waals surface area contributed by atoms with Crippen molar-refractivity contribution in [3.63, 3.8) is 0 Å². The lowest BCUT2D eigenvalue weighted by Crippen LogP contribution is -2.52. The van der Waals surface area contributed by atoms with Crippen LogP contribution in [0.3, 0.4) is 0 Å². The zero-order chi connectivity index (χ0) is 16.1. The number of nitrogens with zero attached hydrogens (tertiary/aromatic N) is 1. The lowest BCUT2D eigenvalue weighted by atomic mass is 9.98. The molecule has 6 nitrogen and oxygen atoms in total. The van der Waals surface area contributed by atoms with E-state index in [0.29, 0.717) is 6.61 Å². The topological polar surface area (TPSA) is 65.6 Å². The molecule has 0 atom stereocenters. The summed E-state index contributed by atoms with van der Waals surface area (Å²) in [4.78, 5) is 13.7. The number of likely N-dealkylation sites (tertiary alicyclic amines) is 1. The summed E-state index contributed by atoms with van der Waals surface area (Å²) in [6, 6.07) is 8.11. The minimum Gasteiger partial charge on any atom is -0.487 e. The molecule has 1 saturated heterocycles. The van der Waals surface area contributed by atoms with Crippen LogP contribution in [0.15, 0.2) is 48.3 Å². The first-order chi connectivity index (χ1) is 11.2. The minimum absolute atomic E-state index is 0.139. The molecule has 1 aromatic carbocycles. The van der Waals surface area contributed by atoms with Crippen LogP contribution in [0.5, 0.6) is 5.75 Å². The fourth-order valence-electron chi connectivity index (χ4n) is 2.65. The Bertz CT molecular complexity index is 604. The molecule has 0 spiro atoms. The lowest BCUT2D eigenvalue weighted by molar-refractivity contribution is -0.129. The average Bonchev–Trinajstić information content (AvgIpc) is 2.57. The number of carbonyl (C=O) groups excluding carboxylic acids is 1. The highest BCUT2D eigenvalue weighted by molar-refractivity contribution is 5.79. The van der Waals surface area contributed by atoms with Crippen molar-refractivity contribution in [2.45, 2.75) is 6.54 Å². The normalized spacial score (nSPS) is 17.5. The van der Waals surface area contributed by atoms with E-state index in [1.54, 1.807) is 7.05 Å². The number of rotatable bonds is 6. The van der Waals surface area contributed by atoms with Gasteiger partial charge in [-0.3, -0.25) is 9.69 Å². The van der Waals surface area contributed by atoms with Gasteiger partial charge in [-0.25, -0.2) is 0 Å². The highest BCUT2D eigenvalue weighted by atomic mass is 16.5. The number of hydrazine groups is 1. The summed E-state index contributed by atoms with van der Waals surface area (Å²) in [6.45, 7) is 3.03. The average molecular weight is 314 g/mol. The van der Waals surface area contributed by atoms with Crippen LogP contribution < -0.4 is 20.9 Å². The first-order valence-corrected chi connectivity index (χ1v) is 7.77. The van der Waals surface area contributed by atoms with Crippen LogP contribution in [-0.2, 0) is 11.3 Å². The molecule has 1 aromatic rings. The van der Waals surface area contributed by atoms with Crippen LogP contribution in [0.4, 0.5) is 0 Å². The highest BCUT2D eigenvalue weighted by Crippen LogP contribution is 2.20. The molecule has 2 aliphatic rings. The van der Waals surface area contributed by atoms with Crippen molar-refractivity contribution in [1.82, 2.24) is 21.1 Å². The van der Waals surface area contributed by atoms with Gasteiger partial charge in [0.25, 0.3) is 0 Å². The molecule has 23 heavy (non-hydrogen) atoms. The van der Waals surface area contributed by atoms with Gasteiger partial charge in [-0.15, -0.1) is 0 Å². The third kappa shape index (κ3) is 4.04. The van der Waals surface area contributed by atoms with E-state index in [-0.39, 0.29) is 11.8 Å². The molecule has 122 valence electrons. The number of hydrogen-bond donors (Lipinski definition) is 3. The van der Waals surface area contributed by atoms with Crippen LogP contribution in [0.25, 0.3) is 0 Å². The van der Waals surface area contributed by atoms with Gasteiger partial charge in [0.2, 0.25) is 5.91 Å². The van der Waals surface area contributed by atoms with Gasteiger partial charge < -0.3 is 20.9 Å². The van der Waals surface area contributed by atoms with E-state index < -0.39 is 0 Å². The first-order valence-electron chi connectivity index (χ1n) is 7.77. The predicted molar refractivity (Wildman–Crippen MR) is 88.3 cm³/mol. The Hall–Kier alpha value is -2.47. The van der Waals surface area contributed by atoms with E-state index in [2.05, 4.69) is 33.2 Å². The van der Waals surface area contributed by atoms with Gasteiger partial charge in [0, 0.05) is 32.9 Å². The molecule has 2 heterocycles. The summed E-state index contributed by atoms with van der Waals surface area (Å²) in [5.41, 5.74) is 8.15. The van der Waals surface area contributed by atoms with Crippen LogP contribution >= 0.6 is 0 Å². The van der Waals surface area contributed by atoms with E-state index in [9.17, 15) is 4.79 Å². The Morgan fingerprint density at radius 1 is 1.35 bits per heavy atom. The molecule has 0 aromatic heterocycles. The van der Waals surface area contributed by atoms with Crippen molar-refractivity contribution < 1.29 is 9.53 Å². The largest absolute Gasteiger partial charge is 0.487 e. The van der Waals surface area contributed by atoms with Crippen molar-refractivity contribution in [2.24, 2.45) is 5.92 Å². The Labute approximate surface area is 136 Å². The first kappa shape index (κ1) is 15.4. The van der Waals surface area contributed by atoms with Gasteiger partial charge in [-0.1, -0.05) is 12.1 Å². The number of amides is 1. The summed E-state index contributed by atoms with van der Waals surface area (Å²) in [6.07, 6.45) is 5.72. The molecule has 2 aliphatic heterocycles. The standard InChI is InChI=1S/C17H22N4O2/c1-18-17(22)14-10-21(11-14)9-13-4-6-16(7-5-13)23-12-15-3-2-8-19-20-15/h2-8,14,19-20H,9-12H2,1H3,(H,18,22). The number of carbonyl (C=O) groups is 1. The van der Waals surface area contributed by atoms with Gasteiger partial charge >= 0.3 is 0 Å². The maximum atomic E-state index is 11.5. The molecule has 0 aliphatic carbocycles. The zero-order valence-electron chi connectivity index (χ0n) is 13.2.